The number of anilines is 2. The van der Waals surface area contributed by atoms with Gasteiger partial charge in [-0.3, -0.25) is 0 Å². The van der Waals surface area contributed by atoms with E-state index in [9.17, 15) is 4.39 Å². The SMILES string of the molecule is CCC1CC1Nc1nc(NC)ncc1F. The molecule has 0 amide bonds. The average molecular weight is 210 g/mol. The molecular weight excluding hydrogens is 195 g/mol. The maximum absolute atomic E-state index is 13.3. The molecule has 2 rings (SSSR count). The average Bonchev–Trinajstić information content (AvgIpc) is 3.00. The second kappa shape index (κ2) is 4.00. The van der Waals surface area contributed by atoms with Gasteiger partial charge in [-0.25, -0.2) is 9.37 Å². The van der Waals surface area contributed by atoms with Crippen LogP contribution in [0.3, 0.4) is 0 Å². The number of hydrogen-bond donors (Lipinski definition) is 2. The van der Waals surface area contributed by atoms with E-state index in [-0.39, 0.29) is 0 Å². The van der Waals surface area contributed by atoms with Crippen LogP contribution in [0.15, 0.2) is 6.20 Å². The molecule has 5 heteroatoms. The van der Waals surface area contributed by atoms with Crippen LogP contribution in [0.1, 0.15) is 19.8 Å². The molecule has 0 spiro atoms. The van der Waals surface area contributed by atoms with Crippen LogP contribution in [-0.4, -0.2) is 23.1 Å². The largest absolute Gasteiger partial charge is 0.364 e. The Morgan fingerprint density at radius 3 is 3.00 bits per heavy atom. The summed E-state index contributed by atoms with van der Waals surface area (Å²) in [7, 11) is 1.71. The molecule has 0 bridgehead atoms. The molecule has 2 N–H and O–H groups in total. The van der Waals surface area contributed by atoms with Gasteiger partial charge in [-0.05, 0) is 12.3 Å². The van der Waals surface area contributed by atoms with Crippen LogP contribution in [0.5, 0.6) is 0 Å². The lowest BCUT2D eigenvalue weighted by Crippen LogP contribution is -2.10. The van der Waals surface area contributed by atoms with E-state index in [1.165, 1.54) is 6.20 Å². The fourth-order valence-electron chi connectivity index (χ4n) is 1.64. The van der Waals surface area contributed by atoms with Gasteiger partial charge in [-0.2, -0.15) is 4.98 Å². The molecule has 0 aliphatic heterocycles. The Balaban J connectivity index is 2.07. The van der Waals surface area contributed by atoms with Gasteiger partial charge in [0.15, 0.2) is 11.6 Å². The van der Waals surface area contributed by atoms with Gasteiger partial charge in [-0.15, -0.1) is 0 Å². The molecule has 0 saturated heterocycles. The van der Waals surface area contributed by atoms with Crippen LogP contribution in [0.4, 0.5) is 16.2 Å². The second-order valence-electron chi connectivity index (χ2n) is 3.80. The van der Waals surface area contributed by atoms with Crippen LogP contribution in [-0.2, 0) is 0 Å². The minimum absolute atomic E-state index is 0.301. The van der Waals surface area contributed by atoms with Gasteiger partial charge in [0.25, 0.3) is 0 Å². The van der Waals surface area contributed by atoms with Gasteiger partial charge in [0, 0.05) is 13.1 Å². The van der Waals surface area contributed by atoms with Crippen molar-refractivity contribution in [3.63, 3.8) is 0 Å². The predicted molar refractivity (Wildman–Crippen MR) is 57.3 cm³/mol. The van der Waals surface area contributed by atoms with Crippen molar-refractivity contribution < 1.29 is 4.39 Å². The zero-order valence-corrected chi connectivity index (χ0v) is 8.92. The van der Waals surface area contributed by atoms with Crippen LogP contribution < -0.4 is 10.6 Å². The standard InChI is InChI=1S/C10H15FN4/c1-3-6-4-8(6)14-9-7(11)5-13-10(12-2)15-9/h5-6,8H,3-4H2,1-2H3,(H2,12,13,14,15). The van der Waals surface area contributed by atoms with E-state index >= 15 is 0 Å². The summed E-state index contributed by atoms with van der Waals surface area (Å²) in [5.74, 6) is 1.01. The molecule has 2 atom stereocenters. The van der Waals surface area contributed by atoms with Crippen LogP contribution >= 0.6 is 0 Å². The Bertz CT molecular complexity index is 355. The van der Waals surface area contributed by atoms with Crippen LogP contribution in [0.25, 0.3) is 0 Å². The maximum Gasteiger partial charge on any atom is 0.224 e. The number of halogens is 1. The lowest BCUT2D eigenvalue weighted by Gasteiger charge is -2.06. The van der Waals surface area contributed by atoms with Gasteiger partial charge >= 0.3 is 0 Å². The smallest absolute Gasteiger partial charge is 0.224 e. The molecule has 1 aliphatic rings. The molecule has 1 aliphatic carbocycles. The third kappa shape index (κ3) is 2.16. The predicted octanol–water partition coefficient (Wildman–Crippen LogP) is 1.87. The molecule has 82 valence electrons. The highest BCUT2D eigenvalue weighted by Gasteiger charge is 2.35. The zero-order valence-electron chi connectivity index (χ0n) is 8.92. The number of rotatable bonds is 4. The Kier molecular flexibility index (Phi) is 2.70. The van der Waals surface area contributed by atoms with Crippen molar-refractivity contribution >= 4 is 11.8 Å². The van der Waals surface area contributed by atoms with Gasteiger partial charge in [0.2, 0.25) is 5.95 Å². The van der Waals surface area contributed by atoms with Crippen molar-refractivity contribution in [2.45, 2.75) is 25.8 Å². The van der Waals surface area contributed by atoms with E-state index < -0.39 is 5.82 Å². The van der Waals surface area contributed by atoms with E-state index in [0.29, 0.717) is 23.7 Å². The van der Waals surface area contributed by atoms with Gasteiger partial charge in [0.05, 0.1) is 6.20 Å². The van der Waals surface area contributed by atoms with Crippen molar-refractivity contribution in [3.05, 3.63) is 12.0 Å². The summed E-state index contributed by atoms with van der Waals surface area (Å²) in [4.78, 5) is 7.82. The van der Waals surface area contributed by atoms with Crippen LogP contribution in [0.2, 0.25) is 0 Å². The molecule has 15 heavy (non-hydrogen) atoms. The quantitative estimate of drug-likeness (QED) is 0.796. The first kappa shape index (κ1) is 10.1. The minimum atomic E-state index is -0.393. The monoisotopic (exact) mass is 210 g/mol. The first-order valence-corrected chi connectivity index (χ1v) is 5.21. The molecule has 2 unspecified atom stereocenters. The molecule has 1 saturated carbocycles. The molecule has 1 aromatic heterocycles. The molecule has 1 heterocycles. The third-order valence-electron chi connectivity index (χ3n) is 2.74. The number of hydrogen-bond acceptors (Lipinski definition) is 4. The van der Waals surface area contributed by atoms with Gasteiger partial charge < -0.3 is 10.6 Å². The summed E-state index contributed by atoms with van der Waals surface area (Å²) in [6.45, 7) is 2.14. The first-order valence-electron chi connectivity index (χ1n) is 5.21. The summed E-state index contributed by atoms with van der Waals surface area (Å²) in [6, 6.07) is 0.379. The summed E-state index contributed by atoms with van der Waals surface area (Å²) >= 11 is 0. The fourth-order valence-corrected chi connectivity index (χ4v) is 1.64. The number of nitrogens with one attached hydrogen (secondary N) is 2. The minimum Gasteiger partial charge on any atom is -0.364 e. The van der Waals surface area contributed by atoms with E-state index in [1.807, 2.05) is 0 Å². The van der Waals surface area contributed by atoms with Crippen LogP contribution in [0, 0.1) is 11.7 Å². The fraction of sp³-hybridized carbons (Fsp3) is 0.600. The van der Waals surface area contributed by atoms with Gasteiger partial charge in [-0.1, -0.05) is 13.3 Å². The topological polar surface area (TPSA) is 49.8 Å². The summed E-state index contributed by atoms with van der Waals surface area (Å²) in [5, 5.41) is 5.88. The third-order valence-corrected chi connectivity index (χ3v) is 2.74. The van der Waals surface area contributed by atoms with Crippen molar-refractivity contribution in [1.29, 1.82) is 0 Å². The van der Waals surface area contributed by atoms with E-state index in [2.05, 4.69) is 27.5 Å². The maximum atomic E-state index is 13.3. The summed E-state index contributed by atoms with van der Waals surface area (Å²) in [6.07, 6.45) is 3.42. The van der Waals surface area contributed by atoms with Gasteiger partial charge in [0.1, 0.15) is 0 Å². The van der Waals surface area contributed by atoms with Crippen molar-refractivity contribution in [2.24, 2.45) is 5.92 Å². The summed E-state index contributed by atoms with van der Waals surface area (Å²) < 4.78 is 13.3. The lowest BCUT2D eigenvalue weighted by atomic mass is 10.3. The Morgan fingerprint density at radius 1 is 1.60 bits per heavy atom. The van der Waals surface area contributed by atoms with E-state index in [4.69, 9.17) is 0 Å². The highest BCUT2D eigenvalue weighted by atomic mass is 19.1. The summed E-state index contributed by atoms with van der Waals surface area (Å²) in [5.41, 5.74) is 0. The molecule has 1 aromatic rings. The highest BCUT2D eigenvalue weighted by molar-refractivity contribution is 5.42. The Labute approximate surface area is 88.3 Å². The van der Waals surface area contributed by atoms with E-state index in [0.717, 1.165) is 12.8 Å². The first-order chi connectivity index (χ1) is 7.24. The molecule has 0 radical (unpaired) electrons. The molecule has 4 nitrogen and oxygen atoms in total. The van der Waals surface area contributed by atoms with Crippen molar-refractivity contribution in [1.82, 2.24) is 9.97 Å². The molecule has 0 aromatic carbocycles. The van der Waals surface area contributed by atoms with Crippen molar-refractivity contribution in [2.75, 3.05) is 17.7 Å². The number of nitrogens with zero attached hydrogens (tertiary/aromatic N) is 2. The Morgan fingerprint density at radius 2 is 2.40 bits per heavy atom. The second-order valence-corrected chi connectivity index (χ2v) is 3.80. The number of aromatic nitrogens is 2. The highest BCUT2D eigenvalue weighted by Crippen LogP contribution is 2.36. The lowest BCUT2D eigenvalue weighted by molar-refractivity contribution is 0.616. The van der Waals surface area contributed by atoms with Crippen molar-refractivity contribution in [3.8, 4) is 0 Å². The molecule has 1 fully saturated rings. The van der Waals surface area contributed by atoms with E-state index in [1.54, 1.807) is 7.05 Å². The molecular formula is C10H15FN4. The Hall–Kier alpha value is -1.39. The normalized spacial score (nSPS) is 23.7. The zero-order chi connectivity index (χ0) is 10.8.